The molecular weight excluding hydrogens is 252 g/mol. The van der Waals surface area contributed by atoms with Gasteiger partial charge in [-0.3, -0.25) is 0 Å². The fourth-order valence-corrected chi connectivity index (χ4v) is 2.98. The molecule has 5 heteroatoms. The average Bonchev–Trinajstić information content (AvgIpc) is 2.47. The molecule has 2 aliphatic rings. The van der Waals surface area contributed by atoms with E-state index >= 15 is 0 Å². The van der Waals surface area contributed by atoms with E-state index in [1.807, 2.05) is 0 Å². The molecule has 0 saturated carbocycles. The highest BCUT2D eigenvalue weighted by Gasteiger charge is 2.25. The van der Waals surface area contributed by atoms with Crippen molar-refractivity contribution >= 4 is 0 Å². The zero-order valence-corrected chi connectivity index (χ0v) is 12.5. The third-order valence-electron chi connectivity index (χ3n) is 4.08. The summed E-state index contributed by atoms with van der Waals surface area (Å²) in [4.78, 5) is 11.9. The fourth-order valence-electron chi connectivity index (χ4n) is 2.98. The third-order valence-corrected chi connectivity index (χ3v) is 4.08. The number of nitrogens with zero attached hydrogens (tertiary/aromatic N) is 3. The largest absolute Gasteiger partial charge is 0.368 e. The van der Waals surface area contributed by atoms with Gasteiger partial charge in [0.25, 0.3) is 0 Å². The first-order valence-corrected chi connectivity index (χ1v) is 7.67. The summed E-state index contributed by atoms with van der Waals surface area (Å²) >= 11 is 0. The molecule has 3 rings (SSSR count). The molecule has 0 bridgehead atoms. The number of morpholine rings is 1. The Morgan fingerprint density at radius 2 is 2.30 bits per heavy atom. The van der Waals surface area contributed by atoms with E-state index in [9.17, 15) is 0 Å². The Bertz CT molecular complexity index is 477. The smallest absolute Gasteiger partial charge is 0.158 e. The molecule has 0 amide bonds. The van der Waals surface area contributed by atoms with E-state index in [1.54, 1.807) is 0 Å². The second-order valence-electron chi connectivity index (χ2n) is 5.75. The molecule has 20 heavy (non-hydrogen) atoms. The molecule has 5 nitrogen and oxygen atoms in total. The van der Waals surface area contributed by atoms with Crippen molar-refractivity contribution in [3.8, 4) is 0 Å². The highest BCUT2D eigenvalue weighted by Crippen LogP contribution is 2.23. The summed E-state index contributed by atoms with van der Waals surface area (Å²) in [5.41, 5.74) is 3.80. The number of aromatic nitrogens is 2. The number of hydrogen-bond donors (Lipinski definition) is 1. The van der Waals surface area contributed by atoms with E-state index in [0.29, 0.717) is 0 Å². The zero-order valence-electron chi connectivity index (χ0n) is 12.5. The van der Waals surface area contributed by atoms with Crippen LogP contribution in [0, 0.1) is 0 Å². The molecule has 3 heterocycles. The predicted octanol–water partition coefficient (Wildman–Crippen LogP) is 1.08. The van der Waals surface area contributed by atoms with Gasteiger partial charge < -0.3 is 15.0 Å². The normalized spacial score (nSPS) is 23.6. The Kier molecular flexibility index (Phi) is 4.29. The van der Waals surface area contributed by atoms with Crippen LogP contribution in [0.25, 0.3) is 0 Å². The van der Waals surface area contributed by atoms with Gasteiger partial charge in [-0.05, 0) is 32.0 Å². The van der Waals surface area contributed by atoms with Crippen LogP contribution in [0.15, 0.2) is 0 Å². The highest BCUT2D eigenvalue weighted by atomic mass is 16.5. The molecule has 2 aliphatic heterocycles. The van der Waals surface area contributed by atoms with Gasteiger partial charge in [0.1, 0.15) is 6.10 Å². The molecule has 1 saturated heterocycles. The minimum absolute atomic E-state index is 0.0246. The quantitative estimate of drug-likeness (QED) is 0.895. The van der Waals surface area contributed by atoms with Gasteiger partial charge in [-0.15, -0.1) is 0 Å². The number of nitrogens with one attached hydrogen (secondary N) is 1. The van der Waals surface area contributed by atoms with Crippen molar-refractivity contribution in [3.05, 3.63) is 22.8 Å². The lowest BCUT2D eigenvalue weighted by Crippen LogP contribution is -2.37. The van der Waals surface area contributed by atoms with Crippen LogP contribution >= 0.6 is 0 Å². The lowest BCUT2D eigenvalue weighted by atomic mass is 10.0. The Morgan fingerprint density at radius 1 is 1.40 bits per heavy atom. The van der Waals surface area contributed by atoms with Gasteiger partial charge in [0, 0.05) is 25.3 Å². The molecule has 1 aromatic heterocycles. The molecular formula is C15H24N4O. The fraction of sp³-hybridized carbons (Fsp3) is 0.733. The summed E-state index contributed by atoms with van der Waals surface area (Å²) in [6.07, 6.45) is 3.25. The SMILES string of the molecule is CCCc1nc(C2CN(C)CCO2)nc2c1CCNC2. The molecule has 0 aliphatic carbocycles. The molecule has 0 radical (unpaired) electrons. The number of fused-ring (bicyclic) bond motifs is 1. The van der Waals surface area contributed by atoms with Crippen LogP contribution in [-0.4, -0.2) is 48.2 Å². The predicted molar refractivity (Wildman–Crippen MR) is 77.6 cm³/mol. The standard InChI is InChI=1S/C15H24N4O/c1-3-4-12-11-5-6-16-9-13(11)18-15(17-12)14-10-19(2)7-8-20-14/h14,16H,3-10H2,1-2H3. The van der Waals surface area contributed by atoms with E-state index in [-0.39, 0.29) is 6.10 Å². The minimum Gasteiger partial charge on any atom is -0.368 e. The molecule has 1 fully saturated rings. The Balaban J connectivity index is 1.92. The van der Waals surface area contributed by atoms with Crippen molar-refractivity contribution in [2.75, 3.05) is 33.3 Å². The number of likely N-dealkylation sites (N-methyl/N-ethyl adjacent to an activating group) is 1. The van der Waals surface area contributed by atoms with Gasteiger partial charge in [-0.1, -0.05) is 13.3 Å². The van der Waals surface area contributed by atoms with Crippen molar-refractivity contribution in [2.24, 2.45) is 0 Å². The number of rotatable bonds is 3. The summed E-state index contributed by atoms with van der Waals surface area (Å²) in [5.74, 6) is 0.877. The molecule has 1 atom stereocenters. The van der Waals surface area contributed by atoms with Gasteiger partial charge in [0.15, 0.2) is 5.82 Å². The minimum atomic E-state index is 0.0246. The average molecular weight is 276 g/mol. The molecule has 1 unspecified atom stereocenters. The van der Waals surface area contributed by atoms with Crippen LogP contribution < -0.4 is 5.32 Å². The maximum Gasteiger partial charge on any atom is 0.158 e. The van der Waals surface area contributed by atoms with Crippen LogP contribution in [-0.2, 0) is 24.1 Å². The van der Waals surface area contributed by atoms with Crippen molar-refractivity contribution in [2.45, 2.75) is 38.8 Å². The topological polar surface area (TPSA) is 50.3 Å². The van der Waals surface area contributed by atoms with Crippen molar-refractivity contribution < 1.29 is 4.74 Å². The Labute approximate surface area is 120 Å². The maximum atomic E-state index is 5.87. The summed E-state index contributed by atoms with van der Waals surface area (Å²) in [6.45, 7) is 6.75. The second kappa shape index (κ2) is 6.16. The maximum absolute atomic E-state index is 5.87. The van der Waals surface area contributed by atoms with Crippen molar-refractivity contribution in [3.63, 3.8) is 0 Å². The Hall–Kier alpha value is -1.04. The van der Waals surface area contributed by atoms with E-state index in [2.05, 4.69) is 24.2 Å². The number of hydrogen-bond acceptors (Lipinski definition) is 5. The van der Waals surface area contributed by atoms with Gasteiger partial charge in [0.05, 0.1) is 12.3 Å². The van der Waals surface area contributed by atoms with Gasteiger partial charge in [-0.2, -0.15) is 0 Å². The lowest BCUT2D eigenvalue weighted by Gasteiger charge is -2.30. The number of ether oxygens (including phenoxy) is 1. The van der Waals surface area contributed by atoms with E-state index < -0.39 is 0 Å². The summed E-state index contributed by atoms with van der Waals surface area (Å²) in [6, 6.07) is 0. The van der Waals surface area contributed by atoms with Crippen LogP contribution in [0.5, 0.6) is 0 Å². The lowest BCUT2D eigenvalue weighted by molar-refractivity contribution is -0.0257. The van der Waals surface area contributed by atoms with Gasteiger partial charge in [0.2, 0.25) is 0 Å². The van der Waals surface area contributed by atoms with E-state index in [0.717, 1.165) is 57.9 Å². The van der Waals surface area contributed by atoms with Crippen LogP contribution in [0.3, 0.4) is 0 Å². The monoisotopic (exact) mass is 276 g/mol. The summed E-state index contributed by atoms with van der Waals surface area (Å²) < 4.78 is 5.87. The first-order chi connectivity index (χ1) is 9.78. The summed E-state index contributed by atoms with van der Waals surface area (Å²) in [7, 11) is 2.13. The Morgan fingerprint density at radius 3 is 3.10 bits per heavy atom. The van der Waals surface area contributed by atoms with Crippen molar-refractivity contribution in [1.82, 2.24) is 20.2 Å². The molecule has 1 aromatic rings. The summed E-state index contributed by atoms with van der Waals surface area (Å²) in [5, 5.41) is 3.41. The molecule has 1 N–H and O–H groups in total. The van der Waals surface area contributed by atoms with Crippen molar-refractivity contribution in [1.29, 1.82) is 0 Å². The van der Waals surface area contributed by atoms with E-state index in [1.165, 1.54) is 17.0 Å². The molecule has 0 spiro atoms. The van der Waals surface area contributed by atoms with Crippen LogP contribution in [0.4, 0.5) is 0 Å². The third kappa shape index (κ3) is 2.85. The molecule has 110 valence electrons. The van der Waals surface area contributed by atoms with Gasteiger partial charge in [-0.25, -0.2) is 9.97 Å². The number of aryl methyl sites for hydroxylation is 1. The van der Waals surface area contributed by atoms with Crippen LogP contribution in [0.2, 0.25) is 0 Å². The van der Waals surface area contributed by atoms with E-state index in [4.69, 9.17) is 14.7 Å². The van der Waals surface area contributed by atoms with Gasteiger partial charge >= 0.3 is 0 Å². The zero-order chi connectivity index (χ0) is 13.9. The molecule has 0 aromatic carbocycles. The second-order valence-corrected chi connectivity index (χ2v) is 5.75. The highest BCUT2D eigenvalue weighted by molar-refractivity contribution is 5.29. The first kappa shape index (κ1) is 13.9. The first-order valence-electron chi connectivity index (χ1n) is 7.67. The van der Waals surface area contributed by atoms with Crippen LogP contribution in [0.1, 0.15) is 42.2 Å².